The smallest absolute Gasteiger partial charge is 0.123 e. The number of hydrogen-bond donors (Lipinski definition) is 1. The van der Waals surface area contributed by atoms with Crippen LogP contribution >= 0.6 is 11.3 Å². The summed E-state index contributed by atoms with van der Waals surface area (Å²) in [5.74, 6) is 0.935. The topological polar surface area (TPSA) is 34.1 Å². The Labute approximate surface area is 112 Å². The molecule has 0 aliphatic carbocycles. The van der Waals surface area contributed by atoms with Gasteiger partial charge in [0.15, 0.2) is 0 Å². The van der Waals surface area contributed by atoms with Crippen molar-refractivity contribution >= 4 is 11.3 Å². The van der Waals surface area contributed by atoms with E-state index in [-0.39, 0.29) is 6.04 Å². The predicted octanol–water partition coefficient (Wildman–Crippen LogP) is 3.31. The molecule has 2 rings (SSSR count). The van der Waals surface area contributed by atoms with Crippen molar-refractivity contribution in [3.8, 4) is 5.75 Å². The zero-order chi connectivity index (χ0) is 13.0. The first-order chi connectivity index (χ1) is 8.70. The second-order valence-electron chi connectivity index (χ2n) is 4.32. The lowest BCUT2D eigenvalue weighted by atomic mass is 10.0. The number of aryl methyl sites for hydroxylation is 1. The molecule has 4 heteroatoms. The highest BCUT2D eigenvalue weighted by molar-refractivity contribution is 7.09. The summed E-state index contributed by atoms with van der Waals surface area (Å²) in [6.07, 6.45) is 1.90. The van der Waals surface area contributed by atoms with Crippen molar-refractivity contribution < 1.29 is 4.74 Å². The van der Waals surface area contributed by atoms with Crippen LogP contribution in [0.15, 0.2) is 29.9 Å². The Morgan fingerprint density at radius 2 is 2.28 bits per heavy atom. The molecule has 2 aromatic rings. The normalized spacial score (nSPS) is 12.4. The molecule has 0 bridgehead atoms. The molecule has 1 aromatic carbocycles. The lowest BCUT2D eigenvalue weighted by Gasteiger charge is -2.17. The molecule has 0 saturated heterocycles. The summed E-state index contributed by atoms with van der Waals surface area (Å²) in [4.78, 5) is 5.32. The predicted molar refractivity (Wildman–Crippen MR) is 75.1 cm³/mol. The first-order valence-electron chi connectivity index (χ1n) is 5.96. The van der Waals surface area contributed by atoms with E-state index in [9.17, 15) is 0 Å². The van der Waals surface area contributed by atoms with Crippen LogP contribution in [-0.4, -0.2) is 12.1 Å². The minimum absolute atomic E-state index is 0.252. The van der Waals surface area contributed by atoms with Gasteiger partial charge in [-0.2, -0.15) is 0 Å². The lowest BCUT2D eigenvalue weighted by Crippen LogP contribution is -2.18. The van der Waals surface area contributed by atoms with E-state index in [1.807, 2.05) is 17.8 Å². The summed E-state index contributed by atoms with van der Waals surface area (Å²) < 4.78 is 5.41. The number of hydrogen-bond acceptors (Lipinski definition) is 4. The maximum atomic E-state index is 5.41. The average Bonchev–Trinajstić information content (AvgIpc) is 2.89. The minimum atomic E-state index is 0.252. The lowest BCUT2D eigenvalue weighted by molar-refractivity contribution is 0.401. The number of rotatable bonds is 5. The van der Waals surface area contributed by atoms with Crippen LogP contribution in [0, 0.1) is 6.92 Å². The van der Waals surface area contributed by atoms with E-state index >= 15 is 0 Å². The molecule has 1 atom stereocenters. The van der Waals surface area contributed by atoms with Crippen LogP contribution in [-0.2, 0) is 6.54 Å². The van der Waals surface area contributed by atoms with Crippen LogP contribution in [0.4, 0.5) is 0 Å². The molecule has 1 aromatic heterocycles. The average molecular weight is 262 g/mol. The summed E-state index contributed by atoms with van der Waals surface area (Å²) in [7, 11) is 1.71. The molecule has 1 unspecified atom stereocenters. The van der Waals surface area contributed by atoms with E-state index in [0.29, 0.717) is 0 Å². The maximum absolute atomic E-state index is 5.41. The molecule has 0 saturated carbocycles. The Morgan fingerprint density at radius 3 is 2.94 bits per heavy atom. The number of aromatic nitrogens is 1. The third kappa shape index (κ3) is 3.09. The van der Waals surface area contributed by atoms with Crippen molar-refractivity contribution in [2.75, 3.05) is 7.11 Å². The van der Waals surface area contributed by atoms with Crippen molar-refractivity contribution in [3.63, 3.8) is 0 Å². The van der Waals surface area contributed by atoms with Gasteiger partial charge < -0.3 is 10.1 Å². The molecule has 0 radical (unpaired) electrons. The summed E-state index contributed by atoms with van der Waals surface area (Å²) in [5, 5.41) is 3.49. The van der Waals surface area contributed by atoms with Crippen LogP contribution in [0.5, 0.6) is 5.75 Å². The van der Waals surface area contributed by atoms with Crippen molar-refractivity contribution in [3.05, 3.63) is 45.9 Å². The van der Waals surface area contributed by atoms with Crippen LogP contribution in [0.2, 0.25) is 0 Å². The Hall–Kier alpha value is -1.39. The standard InChI is InChI=1S/C14H18N2OS/c1-10-4-5-14(17-3)13(6-10)11(2)16-8-12-7-15-9-18-12/h4-7,9,11,16H,8H2,1-3H3. The fourth-order valence-corrected chi connectivity index (χ4v) is 2.43. The Balaban J connectivity index is 2.08. The van der Waals surface area contributed by atoms with Gasteiger partial charge in [-0.25, -0.2) is 0 Å². The van der Waals surface area contributed by atoms with E-state index in [2.05, 4.69) is 36.3 Å². The molecular formula is C14H18N2OS. The summed E-state index contributed by atoms with van der Waals surface area (Å²) >= 11 is 1.67. The van der Waals surface area contributed by atoms with Crippen LogP contribution in [0.25, 0.3) is 0 Å². The molecule has 0 amide bonds. The van der Waals surface area contributed by atoms with E-state index in [1.54, 1.807) is 18.4 Å². The second kappa shape index (κ2) is 5.98. The van der Waals surface area contributed by atoms with Gasteiger partial charge in [0.1, 0.15) is 5.75 Å². The van der Waals surface area contributed by atoms with Gasteiger partial charge in [-0.3, -0.25) is 4.98 Å². The van der Waals surface area contributed by atoms with Crippen molar-refractivity contribution in [1.82, 2.24) is 10.3 Å². The number of nitrogens with zero attached hydrogens (tertiary/aromatic N) is 1. The molecule has 18 heavy (non-hydrogen) atoms. The van der Waals surface area contributed by atoms with Crippen LogP contribution in [0.3, 0.4) is 0 Å². The first kappa shape index (κ1) is 13.1. The molecular weight excluding hydrogens is 244 g/mol. The van der Waals surface area contributed by atoms with E-state index < -0.39 is 0 Å². The summed E-state index contributed by atoms with van der Waals surface area (Å²) in [5.41, 5.74) is 4.30. The molecule has 1 heterocycles. The van der Waals surface area contributed by atoms with Crippen molar-refractivity contribution in [1.29, 1.82) is 0 Å². The number of methoxy groups -OCH3 is 1. The Bertz CT molecular complexity index is 497. The fourth-order valence-electron chi connectivity index (χ4n) is 1.89. The van der Waals surface area contributed by atoms with Gasteiger partial charge in [0.2, 0.25) is 0 Å². The molecule has 0 spiro atoms. The molecule has 96 valence electrons. The highest BCUT2D eigenvalue weighted by atomic mass is 32.1. The van der Waals surface area contributed by atoms with Crippen molar-refractivity contribution in [2.24, 2.45) is 0 Å². The summed E-state index contributed by atoms with van der Waals surface area (Å²) in [6, 6.07) is 6.51. The monoisotopic (exact) mass is 262 g/mol. The van der Waals surface area contributed by atoms with E-state index in [4.69, 9.17) is 4.74 Å². The number of benzene rings is 1. The van der Waals surface area contributed by atoms with E-state index in [0.717, 1.165) is 12.3 Å². The third-order valence-corrected chi connectivity index (χ3v) is 3.70. The number of nitrogens with one attached hydrogen (secondary N) is 1. The summed E-state index contributed by atoms with van der Waals surface area (Å²) in [6.45, 7) is 5.08. The quantitative estimate of drug-likeness (QED) is 0.897. The zero-order valence-electron chi connectivity index (χ0n) is 10.9. The first-order valence-corrected chi connectivity index (χ1v) is 6.84. The molecule has 3 nitrogen and oxygen atoms in total. The van der Waals surface area contributed by atoms with Gasteiger partial charge >= 0.3 is 0 Å². The van der Waals surface area contributed by atoms with Gasteiger partial charge in [-0.15, -0.1) is 11.3 Å². The van der Waals surface area contributed by atoms with Crippen LogP contribution in [0.1, 0.15) is 29.0 Å². The molecule has 1 N–H and O–H groups in total. The Morgan fingerprint density at radius 1 is 1.44 bits per heavy atom. The van der Waals surface area contributed by atoms with Gasteiger partial charge in [0, 0.05) is 29.2 Å². The largest absolute Gasteiger partial charge is 0.496 e. The highest BCUT2D eigenvalue weighted by Crippen LogP contribution is 2.26. The Kier molecular flexibility index (Phi) is 4.33. The number of thiazole rings is 1. The molecule has 0 aliphatic heterocycles. The van der Waals surface area contributed by atoms with Gasteiger partial charge in [0.25, 0.3) is 0 Å². The second-order valence-corrected chi connectivity index (χ2v) is 5.29. The molecule has 0 fully saturated rings. The fraction of sp³-hybridized carbons (Fsp3) is 0.357. The maximum Gasteiger partial charge on any atom is 0.123 e. The van der Waals surface area contributed by atoms with E-state index in [1.165, 1.54) is 16.0 Å². The van der Waals surface area contributed by atoms with Gasteiger partial charge in [-0.05, 0) is 19.9 Å². The highest BCUT2D eigenvalue weighted by Gasteiger charge is 2.11. The number of ether oxygens (including phenoxy) is 1. The van der Waals surface area contributed by atoms with Crippen molar-refractivity contribution in [2.45, 2.75) is 26.4 Å². The zero-order valence-corrected chi connectivity index (χ0v) is 11.8. The van der Waals surface area contributed by atoms with Crippen LogP contribution < -0.4 is 10.1 Å². The minimum Gasteiger partial charge on any atom is -0.496 e. The molecule has 0 aliphatic rings. The SMILES string of the molecule is COc1ccc(C)cc1C(C)NCc1cncs1. The van der Waals surface area contributed by atoms with Gasteiger partial charge in [0.05, 0.1) is 12.6 Å². The third-order valence-electron chi connectivity index (χ3n) is 2.92. The van der Waals surface area contributed by atoms with Gasteiger partial charge in [-0.1, -0.05) is 17.7 Å².